The van der Waals surface area contributed by atoms with Gasteiger partial charge in [-0.1, -0.05) is 12.1 Å². The third-order valence-corrected chi connectivity index (χ3v) is 6.20. The Labute approximate surface area is 122 Å². The number of nitriles is 1. The number of thiophene rings is 1. The summed E-state index contributed by atoms with van der Waals surface area (Å²) >= 11 is 4.70. The van der Waals surface area contributed by atoms with Crippen LogP contribution in [0.1, 0.15) is 11.1 Å². The first kappa shape index (κ1) is 12.5. The summed E-state index contributed by atoms with van der Waals surface area (Å²) in [6.07, 6.45) is 0. The zero-order valence-corrected chi connectivity index (χ0v) is 12.5. The number of fused-ring (bicyclic) bond motifs is 1. The molecule has 0 atom stereocenters. The predicted octanol–water partition coefficient (Wildman–Crippen LogP) is 4.27. The van der Waals surface area contributed by atoms with Crippen molar-refractivity contribution in [3.05, 3.63) is 35.4 Å². The van der Waals surface area contributed by atoms with Crippen molar-refractivity contribution in [2.24, 2.45) is 0 Å². The minimum absolute atomic E-state index is 0.587. The number of nitrogens with two attached hydrogens (primary N) is 1. The smallest absolute Gasteiger partial charge is 0.156 e. The summed E-state index contributed by atoms with van der Waals surface area (Å²) < 4.78 is 3.20. The third-order valence-electron chi connectivity index (χ3n) is 2.70. The van der Waals surface area contributed by atoms with Crippen LogP contribution in [0.2, 0.25) is 0 Å². The van der Waals surface area contributed by atoms with Crippen molar-refractivity contribution >= 4 is 49.7 Å². The fraction of sp³-hybridized carbons (Fsp3) is 0.0769. The Morgan fingerprint density at radius 2 is 2.11 bits per heavy atom. The van der Waals surface area contributed by atoms with E-state index in [1.54, 1.807) is 23.1 Å². The number of nitrogens with zero attached hydrogens (tertiary/aromatic N) is 2. The van der Waals surface area contributed by atoms with Gasteiger partial charge in [0.2, 0.25) is 0 Å². The number of rotatable bonds is 2. The Balaban J connectivity index is 1.99. The molecule has 3 nitrogen and oxygen atoms in total. The highest BCUT2D eigenvalue weighted by Gasteiger charge is 2.15. The molecular formula is C13H9N3S3. The maximum absolute atomic E-state index is 9.05. The summed E-state index contributed by atoms with van der Waals surface area (Å²) in [5.74, 6) is 0. The Kier molecular flexibility index (Phi) is 3.19. The number of hydrogen-bond donors (Lipinski definition) is 1. The lowest BCUT2D eigenvalue weighted by atomic mass is 10.2. The number of aromatic nitrogens is 1. The topological polar surface area (TPSA) is 62.7 Å². The number of para-hydroxylation sites is 1. The molecule has 0 spiro atoms. The van der Waals surface area contributed by atoms with Crippen LogP contribution in [0.3, 0.4) is 0 Å². The number of benzene rings is 1. The molecule has 3 rings (SSSR count). The Bertz CT molecular complexity index is 762. The standard InChI is InChI=1S/C13H9N3S3/c1-7-8(6-14)11(15)18-12(7)19-13-16-9-4-2-3-5-10(9)17-13/h2-5H,15H2,1H3. The highest BCUT2D eigenvalue weighted by Crippen LogP contribution is 2.42. The van der Waals surface area contributed by atoms with Crippen LogP contribution in [0, 0.1) is 18.3 Å². The Morgan fingerprint density at radius 1 is 1.32 bits per heavy atom. The lowest BCUT2D eigenvalue weighted by molar-refractivity contribution is 1.29. The molecule has 0 unspecified atom stereocenters. The van der Waals surface area contributed by atoms with Gasteiger partial charge in [0.1, 0.15) is 11.1 Å². The monoisotopic (exact) mass is 303 g/mol. The molecule has 0 saturated heterocycles. The second-order valence-corrected chi connectivity index (χ2v) is 7.51. The molecule has 0 aliphatic rings. The van der Waals surface area contributed by atoms with Crippen molar-refractivity contribution in [1.29, 1.82) is 5.26 Å². The maximum atomic E-state index is 9.05. The quantitative estimate of drug-likeness (QED) is 0.768. The highest BCUT2D eigenvalue weighted by molar-refractivity contribution is 8.03. The van der Waals surface area contributed by atoms with Crippen molar-refractivity contribution < 1.29 is 0 Å². The average Bonchev–Trinajstić information content (AvgIpc) is 2.91. The van der Waals surface area contributed by atoms with E-state index < -0.39 is 0 Å². The first-order valence-electron chi connectivity index (χ1n) is 5.51. The van der Waals surface area contributed by atoms with Crippen LogP contribution < -0.4 is 5.73 Å². The van der Waals surface area contributed by atoms with Crippen LogP contribution in [0.25, 0.3) is 10.2 Å². The molecule has 2 heterocycles. The third kappa shape index (κ3) is 2.21. The molecule has 3 aromatic rings. The van der Waals surface area contributed by atoms with Gasteiger partial charge in [0.05, 0.1) is 20.0 Å². The van der Waals surface area contributed by atoms with Crippen molar-refractivity contribution in [3.63, 3.8) is 0 Å². The lowest BCUT2D eigenvalue weighted by Crippen LogP contribution is -1.83. The molecule has 6 heteroatoms. The van der Waals surface area contributed by atoms with Crippen LogP contribution >= 0.6 is 34.4 Å². The van der Waals surface area contributed by atoms with Crippen LogP contribution in [0.4, 0.5) is 5.00 Å². The largest absolute Gasteiger partial charge is 0.389 e. The van der Waals surface area contributed by atoms with Crippen molar-refractivity contribution in [2.75, 3.05) is 5.73 Å². The Hall–Kier alpha value is -1.55. The average molecular weight is 303 g/mol. The fourth-order valence-electron chi connectivity index (χ4n) is 1.72. The SMILES string of the molecule is Cc1c(Sc2nc3ccccc3s2)sc(N)c1C#N. The highest BCUT2D eigenvalue weighted by atomic mass is 32.2. The molecule has 2 N–H and O–H groups in total. The fourth-order valence-corrected chi connectivity index (χ4v) is 5.25. The van der Waals surface area contributed by atoms with E-state index in [0.29, 0.717) is 10.6 Å². The van der Waals surface area contributed by atoms with E-state index in [1.807, 2.05) is 25.1 Å². The van der Waals surface area contributed by atoms with Gasteiger partial charge in [-0.25, -0.2) is 4.98 Å². The van der Waals surface area contributed by atoms with Gasteiger partial charge in [-0.3, -0.25) is 0 Å². The van der Waals surface area contributed by atoms with Gasteiger partial charge in [-0.05, 0) is 36.4 Å². The summed E-state index contributed by atoms with van der Waals surface area (Å²) in [7, 11) is 0. The van der Waals surface area contributed by atoms with E-state index >= 15 is 0 Å². The minimum atomic E-state index is 0.587. The summed E-state index contributed by atoms with van der Waals surface area (Å²) in [5, 5.41) is 9.63. The molecule has 19 heavy (non-hydrogen) atoms. The molecule has 0 bridgehead atoms. The summed E-state index contributed by atoms with van der Waals surface area (Å²) in [5.41, 5.74) is 8.40. The zero-order valence-electron chi connectivity index (χ0n) is 10.0. The summed E-state index contributed by atoms with van der Waals surface area (Å²) in [4.78, 5) is 4.58. The van der Waals surface area contributed by atoms with Gasteiger partial charge in [-0.15, -0.1) is 22.7 Å². The molecule has 94 valence electrons. The number of anilines is 1. The van der Waals surface area contributed by atoms with E-state index in [-0.39, 0.29) is 0 Å². The van der Waals surface area contributed by atoms with Gasteiger partial charge in [-0.2, -0.15) is 5.26 Å². The van der Waals surface area contributed by atoms with E-state index in [1.165, 1.54) is 16.0 Å². The first-order chi connectivity index (χ1) is 9.19. The van der Waals surface area contributed by atoms with E-state index in [9.17, 15) is 0 Å². The summed E-state index contributed by atoms with van der Waals surface area (Å²) in [6.45, 7) is 1.93. The van der Waals surface area contributed by atoms with E-state index in [0.717, 1.165) is 19.6 Å². The molecule has 0 radical (unpaired) electrons. The molecule has 1 aromatic carbocycles. The molecule has 0 aliphatic carbocycles. The number of thiazole rings is 1. The predicted molar refractivity (Wildman–Crippen MR) is 81.9 cm³/mol. The van der Waals surface area contributed by atoms with E-state index in [4.69, 9.17) is 11.0 Å². The van der Waals surface area contributed by atoms with E-state index in [2.05, 4.69) is 17.1 Å². The van der Waals surface area contributed by atoms with Crippen molar-refractivity contribution in [1.82, 2.24) is 4.98 Å². The number of nitrogen functional groups attached to an aromatic ring is 1. The first-order valence-corrected chi connectivity index (χ1v) is 7.96. The van der Waals surface area contributed by atoms with Crippen LogP contribution in [0.5, 0.6) is 0 Å². The van der Waals surface area contributed by atoms with Gasteiger partial charge >= 0.3 is 0 Å². The molecule has 0 saturated carbocycles. The number of hydrogen-bond acceptors (Lipinski definition) is 6. The van der Waals surface area contributed by atoms with Gasteiger partial charge in [0, 0.05) is 0 Å². The van der Waals surface area contributed by atoms with Gasteiger partial charge in [0.25, 0.3) is 0 Å². The van der Waals surface area contributed by atoms with Crippen LogP contribution in [-0.2, 0) is 0 Å². The van der Waals surface area contributed by atoms with Crippen LogP contribution in [-0.4, -0.2) is 4.98 Å². The van der Waals surface area contributed by atoms with Crippen molar-refractivity contribution in [3.8, 4) is 6.07 Å². The lowest BCUT2D eigenvalue weighted by Gasteiger charge is -1.94. The molecule has 2 aromatic heterocycles. The second-order valence-electron chi connectivity index (χ2n) is 3.92. The summed E-state index contributed by atoms with van der Waals surface area (Å²) in [6, 6.07) is 10.2. The maximum Gasteiger partial charge on any atom is 0.156 e. The minimum Gasteiger partial charge on any atom is -0.389 e. The Morgan fingerprint density at radius 3 is 2.79 bits per heavy atom. The molecule has 0 aliphatic heterocycles. The molecular weight excluding hydrogens is 294 g/mol. The van der Waals surface area contributed by atoms with Gasteiger partial charge in [0.15, 0.2) is 4.34 Å². The molecule has 0 amide bonds. The van der Waals surface area contributed by atoms with Crippen LogP contribution in [0.15, 0.2) is 32.8 Å². The normalized spacial score (nSPS) is 10.7. The molecule has 0 fully saturated rings. The van der Waals surface area contributed by atoms with Gasteiger partial charge < -0.3 is 5.73 Å². The second kappa shape index (κ2) is 4.85. The van der Waals surface area contributed by atoms with Crippen molar-refractivity contribution in [2.45, 2.75) is 15.5 Å². The zero-order chi connectivity index (χ0) is 13.4.